The van der Waals surface area contributed by atoms with E-state index in [1.807, 2.05) is 6.20 Å². The van der Waals surface area contributed by atoms with Crippen LogP contribution in [0.4, 0.5) is 0 Å². The number of unbranched alkanes of at least 4 members (excludes halogenated alkanes) is 6. The lowest BCUT2D eigenvalue weighted by Gasteiger charge is -2.14. The third kappa shape index (κ3) is 6.53. The maximum atomic E-state index is 4.27. The zero-order valence-corrected chi connectivity index (χ0v) is 13.0. The quantitative estimate of drug-likeness (QED) is 0.437. The summed E-state index contributed by atoms with van der Waals surface area (Å²) < 4.78 is 4.27. The smallest absolute Gasteiger partial charge is 0.0409 e. The maximum Gasteiger partial charge on any atom is 0.0409 e. The van der Waals surface area contributed by atoms with Crippen LogP contribution in [0.3, 0.4) is 0 Å². The largest absolute Gasteiger partial charge is 0.201 e. The summed E-state index contributed by atoms with van der Waals surface area (Å²) in [5.74, 6) is 0.783. The van der Waals surface area contributed by atoms with Gasteiger partial charge in [0.15, 0.2) is 0 Å². The Bertz CT molecular complexity index is 269. The summed E-state index contributed by atoms with van der Waals surface area (Å²) >= 11 is 1.71. The molecule has 1 unspecified atom stereocenters. The summed E-state index contributed by atoms with van der Waals surface area (Å²) in [6.07, 6.45) is 15.8. The van der Waals surface area contributed by atoms with Gasteiger partial charge in [0.2, 0.25) is 0 Å². The summed E-state index contributed by atoms with van der Waals surface area (Å²) in [6.45, 7) is 4.57. The van der Waals surface area contributed by atoms with Gasteiger partial charge in [0.05, 0.1) is 0 Å². The fourth-order valence-electron chi connectivity index (χ4n) is 2.50. The van der Waals surface area contributed by atoms with Gasteiger partial charge in [-0.05, 0) is 36.4 Å². The summed E-state index contributed by atoms with van der Waals surface area (Å²) in [5, 5.41) is 0. The molecule has 0 saturated heterocycles. The molecule has 0 aromatic carbocycles. The average Bonchev–Trinajstić information content (AvgIpc) is 2.90. The Hall–Kier alpha value is -0.370. The molecule has 1 aromatic heterocycles. The van der Waals surface area contributed by atoms with Crippen LogP contribution in [-0.4, -0.2) is 4.37 Å². The highest BCUT2D eigenvalue weighted by atomic mass is 32.1. The van der Waals surface area contributed by atoms with E-state index in [2.05, 4.69) is 24.3 Å². The molecule has 1 aromatic rings. The molecule has 1 atom stereocenters. The predicted octanol–water partition coefficient (Wildman–Crippen LogP) is 6.17. The minimum absolute atomic E-state index is 0.783. The van der Waals surface area contributed by atoms with Crippen molar-refractivity contribution in [2.75, 3.05) is 0 Å². The van der Waals surface area contributed by atoms with Crippen LogP contribution in [0.2, 0.25) is 0 Å². The molecule has 0 radical (unpaired) electrons. The molecule has 0 aliphatic heterocycles. The van der Waals surface area contributed by atoms with Gasteiger partial charge in [0.25, 0.3) is 0 Å². The number of nitrogens with zero attached hydrogens (tertiary/aromatic N) is 1. The van der Waals surface area contributed by atoms with Gasteiger partial charge in [-0.15, -0.1) is 0 Å². The fourth-order valence-corrected chi connectivity index (χ4v) is 3.25. The molecule has 18 heavy (non-hydrogen) atoms. The molecule has 1 rings (SSSR count). The Kier molecular flexibility index (Phi) is 9.19. The van der Waals surface area contributed by atoms with Crippen molar-refractivity contribution in [2.24, 2.45) is 0 Å². The second-order valence-corrected chi connectivity index (χ2v) is 6.18. The Labute approximate surface area is 117 Å². The zero-order chi connectivity index (χ0) is 13.1. The van der Waals surface area contributed by atoms with Crippen molar-refractivity contribution in [1.29, 1.82) is 0 Å². The second-order valence-electron chi connectivity index (χ2n) is 5.31. The van der Waals surface area contributed by atoms with Crippen LogP contribution >= 0.6 is 11.5 Å². The van der Waals surface area contributed by atoms with Gasteiger partial charge in [-0.3, -0.25) is 0 Å². The zero-order valence-electron chi connectivity index (χ0n) is 12.2. The summed E-state index contributed by atoms with van der Waals surface area (Å²) in [6, 6.07) is 2.23. The van der Waals surface area contributed by atoms with E-state index in [0.717, 1.165) is 5.92 Å². The lowest BCUT2D eigenvalue weighted by atomic mass is 9.93. The topological polar surface area (TPSA) is 12.9 Å². The van der Waals surface area contributed by atoms with Gasteiger partial charge in [-0.1, -0.05) is 65.2 Å². The molecule has 0 bridgehead atoms. The van der Waals surface area contributed by atoms with Gasteiger partial charge >= 0.3 is 0 Å². The Balaban J connectivity index is 2.26. The first-order valence-corrected chi connectivity index (χ1v) is 8.56. The molecule has 0 aliphatic carbocycles. The summed E-state index contributed by atoms with van der Waals surface area (Å²) in [5.41, 5.74) is 0. The summed E-state index contributed by atoms with van der Waals surface area (Å²) in [4.78, 5) is 1.52. The molecule has 0 saturated carbocycles. The molecule has 0 fully saturated rings. The normalized spacial score (nSPS) is 12.8. The van der Waals surface area contributed by atoms with Crippen LogP contribution in [0, 0.1) is 0 Å². The monoisotopic (exact) mass is 267 g/mol. The van der Waals surface area contributed by atoms with E-state index in [0.29, 0.717) is 0 Å². The third-order valence-corrected chi connectivity index (χ3v) is 4.58. The predicted molar refractivity (Wildman–Crippen MR) is 82.4 cm³/mol. The van der Waals surface area contributed by atoms with Crippen molar-refractivity contribution in [2.45, 2.75) is 84.0 Å². The van der Waals surface area contributed by atoms with Crippen molar-refractivity contribution in [3.05, 3.63) is 17.1 Å². The molecular formula is C16H29NS. The third-order valence-electron chi connectivity index (χ3n) is 3.67. The first kappa shape index (κ1) is 15.7. The van der Waals surface area contributed by atoms with Gasteiger partial charge in [-0.25, -0.2) is 4.37 Å². The van der Waals surface area contributed by atoms with Crippen LogP contribution in [0.15, 0.2) is 12.3 Å². The van der Waals surface area contributed by atoms with E-state index in [4.69, 9.17) is 0 Å². The van der Waals surface area contributed by atoms with Crippen LogP contribution in [0.1, 0.15) is 88.9 Å². The van der Waals surface area contributed by atoms with Crippen molar-refractivity contribution in [1.82, 2.24) is 4.37 Å². The number of hydrogen-bond donors (Lipinski definition) is 0. The number of hydrogen-bond acceptors (Lipinski definition) is 2. The Morgan fingerprint density at radius 1 is 0.944 bits per heavy atom. The van der Waals surface area contributed by atoms with Gasteiger partial charge in [-0.2, -0.15) is 0 Å². The van der Waals surface area contributed by atoms with Crippen molar-refractivity contribution < 1.29 is 0 Å². The van der Waals surface area contributed by atoms with E-state index in [9.17, 15) is 0 Å². The van der Waals surface area contributed by atoms with Crippen molar-refractivity contribution in [3.63, 3.8) is 0 Å². The van der Waals surface area contributed by atoms with Gasteiger partial charge < -0.3 is 0 Å². The molecule has 1 nitrogen and oxygen atoms in total. The SMILES string of the molecule is CCCCCCCC(CCCCC)c1ccns1. The fraction of sp³-hybridized carbons (Fsp3) is 0.812. The van der Waals surface area contributed by atoms with E-state index in [-0.39, 0.29) is 0 Å². The van der Waals surface area contributed by atoms with E-state index < -0.39 is 0 Å². The standard InChI is InChI=1S/C16H29NS/c1-3-5-7-8-10-12-15(11-9-6-4-2)16-13-14-17-18-16/h13-15H,3-12H2,1-2H3. The Morgan fingerprint density at radius 2 is 1.56 bits per heavy atom. The molecular weight excluding hydrogens is 238 g/mol. The van der Waals surface area contributed by atoms with E-state index >= 15 is 0 Å². The number of rotatable bonds is 11. The van der Waals surface area contributed by atoms with Crippen LogP contribution < -0.4 is 0 Å². The van der Waals surface area contributed by atoms with Gasteiger partial charge in [0, 0.05) is 11.1 Å². The Morgan fingerprint density at radius 3 is 2.17 bits per heavy atom. The highest BCUT2D eigenvalue weighted by molar-refractivity contribution is 7.05. The lowest BCUT2D eigenvalue weighted by Crippen LogP contribution is -1.97. The van der Waals surface area contributed by atoms with E-state index in [1.54, 1.807) is 11.5 Å². The minimum Gasteiger partial charge on any atom is -0.201 e. The van der Waals surface area contributed by atoms with Crippen molar-refractivity contribution >= 4 is 11.5 Å². The average molecular weight is 267 g/mol. The molecule has 104 valence electrons. The molecule has 1 heterocycles. The molecule has 2 heteroatoms. The second kappa shape index (κ2) is 10.5. The molecule has 0 N–H and O–H groups in total. The van der Waals surface area contributed by atoms with Crippen LogP contribution in [0.5, 0.6) is 0 Å². The molecule has 0 aliphatic rings. The lowest BCUT2D eigenvalue weighted by molar-refractivity contribution is 0.502. The first-order valence-electron chi connectivity index (χ1n) is 7.79. The maximum absolute atomic E-state index is 4.27. The minimum atomic E-state index is 0.783. The van der Waals surface area contributed by atoms with Crippen LogP contribution in [-0.2, 0) is 0 Å². The number of aromatic nitrogens is 1. The highest BCUT2D eigenvalue weighted by Crippen LogP contribution is 2.30. The first-order chi connectivity index (χ1) is 8.88. The van der Waals surface area contributed by atoms with Crippen LogP contribution in [0.25, 0.3) is 0 Å². The highest BCUT2D eigenvalue weighted by Gasteiger charge is 2.12. The van der Waals surface area contributed by atoms with E-state index in [1.165, 1.54) is 69.1 Å². The van der Waals surface area contributed by atoms with Gasteiger partial charge in [0.1, 0.15) is 0 Å². The van der Waals surface area contributed by atoms with Crippen molar-refractivity contribution in [3.8, 4) is 0 Å². The molecule has 0 amide bonds. The molecule has 0 spiro atoms. The summed E-state index contributed by atoms with van der Waals surface area (Å²) in [7, 11) is 0.